The van der Waals surface area contributed by atoms with Gasteiger partial charge in [0.15, 0.2) is 0 Å². The normalized spacial score (nSPS) is 12.5. The van der Waals surface area contributed by atoms with E-state index in [1.54, 1.807) is 0 Å². The first-order valence-electron chi connectivity index (χ1n) is 7.84. The maximum absolute atomic E-state index is 12.8. The number of amides is 1. The zero-order valence-corrected chi connectivity index (χ0v) is 17.2. The van der Waals surface area contributed by atoms with Gasteiger partial charge in [-0.2, -0.15) is 0 Å². The second-order valence-electron chi connectivity index (χ2n) is 6.09. The summed E-state index contributed by atoms with van der Waals surface area (Å²) in [6.45, 7) is 5.27. The van der Waals surface area contributed by atoms with E-state index in [0.717, 1.165) is 21.7 Å². The number of anilines is 2. The Kier molecular flexibility index (Phi) is 6.21. The van der Waals surface area contributed by atoms with Crippen molar-refractivity contribution in [2.24, 2.45) is 0 Å². The van der Waals surface area contributed by atoms with Gasteiger partial charge in [-0.3, -0.25) is 9.10 Å². The minimum Gasteiger partial charge on any atom is -0.324 e. The first-order valence-corrected chi connectivity index (χ1v) is 10.4. The van der Waals surface area contributed by atoms with Crippen molar-refractivity contribution in [1.29, 1.82) is 0 Å². The highest BCUT2D eigenvalue weighted by molar-refractivity contribution is 7.92. The maximum atomic E-state index is 12.8. The van der Waals surface area contributed by atoms with E-state index in [1.807, 2.05) is 32.0 Å². The van der Waals surface area contributed by atoms with Crippen molar-refractivity contribution in [2.45, 2.75) is 26.8 Å². The monoisotopic (exact) mass is 414 g/mol. The summed E-state index contributed by atoms with van der Waals surface area (Å²) < 4.78 is 25.7. The fourth-order valence-corrected chi connectivity index (χ4v) is 4.13. The third-order valence-corrected chi connectivity index (χ3v) is 5.96. The standard InChI is InChI=1S/C18H20Cl2N2O3S/c1-11-6-5-7-12(2)17(11)21-18(23)13(3)22(26(4,24)25)14-8-9-15(19)16(20)10-14/h5-10,13H,1-4H3,(H,21,23). The zero-order valence-electron chi connectivity index (χ0n) is 14.9. The molecule has 26 heavy (non-hydrogen) atoms. The highest BCUT2D eigenvalue weighted by Gasteiger charge is 2.30. The molecule has 0 radical (unpaired) electrons. The van der Waals surface area contributed by atoms with Gasteiger partial charge < -0.3 is 5.32 Å². The second-order valence-corrected chi connectivity index (χ2v) is 8.76. The summed E-state index contributed by atoms with van der Waals surface area (Å²) in [5.74, 6) is -0.445. The third kappa shape index (κ3) is 4.50. The Morgan fingerprint density at radius 3 is 2.15 bits per heavy atom. The van der Waals surface area contributed by atoms with Gasteiger partial charge >= 0.3 is 0 Å². The number of benzene rings is 2. The molecule has 0 saturated carbocycles. The summed E-state index contributed by atoms with van der Waals surface area (Å²) in [5, 5.41) is 3.33. The summed E-state index contributed by atoms with van der Waals surface area (Å²) in [6.07, 6.45) is 1.04. The van der Waals surface area contributed by atoms with Gasteiger partial charge in [-0.25, -0.2) is 8.42 Å². The molecule has 1 N–H and O–H groups in total. The molecule has 140 valence electrons. The Balaban J connectivity index is 2.39. The van der Waals surface area contributed by atoms with Crippen LogP contribution in [0, 0.1) is 13.8 Å². The summed E-state index contributed by atoms with van der Waals surface area (Å²) in [5.41, 5.74) is 2.73. The van der Waals surface area contributed by atoms with Crippen molar-refractivity contribution in [2.75, 3.05) is 15.9 Å². The molecule has 0 aliphatic carbocycles. The molecule has 0 heterocycles. The number of halogens is 2. The predicted octanol–water partition coefficient (Wildman–Crippen LogP) is 4.40. The quantitative estimate of drug-likeness (QED) is 0.787. The van der Waals surface area contributed by atoms with Crippen LogP contribution in [0.2, 0.25) is 10.0 Å². The van der Waals surface area contributed by atoms with Crippen LogP contribution < -0.4 is 9.62 Å². The molecule has 0 spiro atoms. The molecule has 0 aromatic heterocycles. The van der Waals surface area contributed by atoms with Gasteiger partial charge in [0.1, 0.15) is 6.04 Å². The van der Waals surface area contributed by atoms with E-state index in [-0.39, 0.29) is 10.7 Å². The number of nitrogens with one attached hydrogen (secondary N) is 1. The van der Waals surface area contributed by atoms with Gasteiger partial charge in [0.05, 0.1) is 22.0 Å². The van der Waals surface area contributed by atoms with Crippen LogP contribution in [0.5, 0.6) is 0 Å². The van der Waals surface area contributed by atoms with Crippen molar-refractivity contribution < 1.29 is 13.2 Å². The van der Waals surface area contributed by atoms with Crippen LogP contribution in [0.15, 0.2) is 36.4 Å². The number of carbonyl (C=O) groups is 1. The van der Waals surface area contributed by atoms with E-state index in [1.165, 1.54) is 25.1 Å². The van der Waals surface area contributed by atoms with Crippen LogP contribution >= 0.6 is 23.2 Å². The largest absolute Gasteiger partial charge is 0.324 e. The van der Waals surface area contributed by atoms with Crippen molar-refractivity contribution >= 4 is 50.5 Å². The SMILES string of the molecule is Cc1cccc(C)c1NC(=O)C(C)N(c1ccc(Cl)c(Cl)c1)S(C)(=O)=O. The highest BCUT2D eigenvalue weighted by Crippen LogP contribution is 2.30. The molecule has 2 aromatic rings. The van der Waals surface area contributed by atoms with Gasteiger partial charge in [0.25, 0.3) is 0 Å². The van der Waals surface area contributed by atoms with Crippen LogP contribution in [0.4, 0.5) is 11.4 Å². The Morgan fingerprint density at radius 2 is 1.65 bits per heavy atom. The van der Waals surface area contributed by atoms with E-state index in [4.69, 9.17) is 23.2 Å². The number of rotatable bonds is 5. The molecule has 2 rings (SSSR count). The molecule has 0 saturated heterocycles. The van der Waals surface area contributed by atoms with E-state index in [9.17, 15) is 13.2 Å². The lowest BCUT2D eigenvalue weighted by Gasteiger charge is -2.28. The molecular formula is C18H20Cl2N2O3S. The molecular weight excluding hydrogens is 395 g/mol. The second kappa shape index (κ2) is 7.86. The van der Waals surface area contributed by atoms with E-state index < -0.39 is 22.0 Å². The van der Waals surface area contributed by atoms with Crippen molar-refractivity contribution in [3.63, 3.8) is 0 Å². The highest BCUT2D eigenvalue weighted by atomic mass is 35.5. The number of aryl methyl sites for hydroxylation is 2. The minimum absolute atomic E-state index is 0.208. The van der Waals surface area contributed by atoms with Gasteiger partial charge in [0.2, 0.25) is 15.9 Å². The fourth-order valence-electron chi connectivity index (χ4n) is 2.67. The number of hydrogen-bond acceptors (Lipinski definition) is 3. The summed E-state index contributed by atoms with van der Waals surface area (Å²) in [7, 11) is -3.73. The topological polar surface area (TPSA) is 66.5 Å². The molecule has 0 bridgehead atoms. The molecule has 5 nitrogen and oxygen atoms in total. The van der Waals surface area contributed by atoms with Crippen molar-refractivity contribution in [3.05, 3.63) is 57.6 Å². The van der Waals surface area contributed by atoms with Crippen LogP contribution in [-0.2, 0) is 14.8 Å². The predicted molar refractivity (Wildman–Crippen MR) is 108 cm³/mol. The molecule has 1 atom stereocenters. The number of para-hydroxylation sites is 1. The zero-order chi connectivity index (χ0) is 19.6. The van der Waals surface area contributed by atoms with Gasteiger partial charge in [-0.1, -0.05) is 41.4 Å². The first-order chi connectivity index (χ1) is 12.0. The lowest BCUT2D eigenvalue weighted by Crippen LogP contribution is -2.45. The Hall–Kier alpha value is -1.76. The summed E-state index contributed by atoms with van der Waals surface area (Å²) in [6, 6.07) is 9.09. The number of hydrogen-bond donors (Lipinski definition) is 1. The average molecular weight is 415 g/mol. The molecule has 2 aromatic carbocycles. The van der Waals surface area contributed by atoms with Gasteiger partial charge in [0, 0.05) is 5.69 Å². The van der Waals surface area contributed by atoms with Crippen LogP contribution in [-0.4, -0.2) is 26.6 Å². The van der Waals surface area contributed by atoms with Crippen LogP contribution in [0.3, 0.4) is 0 Å². The molecule has 8 heteroatoms. The minimum atomic E-state index is -3.73. The molecule has 0 aliphatic heterocycles. The van der Waals surface area contributed by atoms with E-state index in [2.05, 4.69) is 5.32 Å². The van der Waals surface area contributed by atoms with Crippen LogP contribution in [0.1, 0.15) is 18.1 Å². The van der Waals surface area contributed by atoms with Gasteiger partial charge in [-0.05, 0) is 50.1 Å². The summed E-state index contributed by atoms with van der Waals surface area (Å²) in [4.78, 5) is 12.8. The molecule has 1 unspecified atom stereocenters. The first kappa shape index (κ1) is 20.6. The third-order valence-electron chi connectivity index (χ3n) is 3.98. The van der Waals surface area contributed by atoms with E-state index >= 15 is 0 Å². The van der Waals surface area contributed by atoms with Crippen LogP contribution in [0.25, 0.3) is 0 Å². The lowest BCUT2D eigenvalue weighted by molar-refractivity contribution is -0.116. The summed E-state index contributed by atoms with van der Waals surface area (Å²) >= 11 is 11.9. The molecule has 0 fully saturated rings. The lowest BCUT2D eigenvalue weighted by atomic mass is 10.1. The molecule has 1 amide bonds. The maximum Gasteiger partial charge on any atom is 0.248 e. The van der Waals surface area contributed by atoms with Crippen molar-refractivity contribution in [1.82, 2.24) is 0 Å². The smallest absolute Gasteiger partial charge is 0.248 e. The Bertz CT molecular complexity index is 925. The van der Waals surface area contributed by atoms with E-state index in [0.29, 0.717) is 10.7 Å². The van der Waals surface area contributed by atoms with Gasteiger partial charge in [-0.15, -0.1) is 0 Å². The average Bonchev–Trinajstić information content (AvgIpc) is 2.53. The number of nitrogens with zero attached hydrogens (tertiary/aromatic N) is 1. The van der Waals surface area contributed by atoms with Crippen molar-refractivity contribution in [3.8, 4) is 0 Å². The number of sulfonamides is 1. The molecule has 0 aliphatic rings. The fraction of sp³-hybridized carbons (Fsp3) is 0.278. The number of carbonyl (C=O) groups excluding carboxylic acids is 1. The Labute approximate surface area is 164 Å². The Morgan fingerprint density at radius 1 is 1.08 bits per heavy atom.